The highest BCUT2D eigenvalue weighted by atomic mass is 16.2. The molecule has 8 N–H and O–H groups in total. The topological polar surface area (TPSA) is 149 Å². The predicted octanol–water partition coefficient (Wildman–Crippen LogP) is 0.987. The third kappa shape index (κ3) is 8.23. The van der Waals surface area contributed by atoms with Crippen molar-refractivity contribution in [3.05, 3.63) is 70.3 Å². The summed E-state index contributed by atoms with van der Waals surface area (Å²) in [4.78, 5) is 29.6. The van der Waals surface area contributed by atoms with Gasteiger partial charge in [-0.05, 0) is 56.4 Å². The van der Waals surface area contributed by atoms with Gasteiger partial charge in [-0.25, -0.2) is 4.99 Å². The van der Waals surface area contributed by atoms with Crippen LogP contribution in [0.5, 0.6) is 0 Å². The van der Waals surface area contributed by atoms with Gasteiger partial charge in [0.25, 0.3) is 0 Å². The zero-order valence-electron chi connectivity index (χ0n) is 19.9. The van der Waals surface area contributed by atoms with E-state index < -0.39 is 18.0 Å². The summed E-state index contributed by atoms with van der Waals surface area (Å²) in [6.07, 6.45) is 0.974. The van der Waals surface area contributed by atoms with Gasteiger partial charge in [0.2, 0.25) is 11.8 Å². The number of aryl methyl sites for hydroxylation is 3. The average molecular weight is 453 g/mol. The van der Waals surface area contributed by atoms with Gasteiger partial charge in [-0.15, -0.1) is 0 Å². The third-order valence-electron chi connectivity index (χ3n) is 5.48. The summed E-state index contributed by atoms with van der Waals surface area (Å²) < 4.78 is 0. The number of amides is 2. The molecular formula is C25H36N6O2. The van der Waals surface area contributed by atoms with Crippen molar-refractivity contribution in [3.8, 4) is 0 Å². The number of nitrogens with one attached hydrogen (secondary N) is 2. The van der Waals surface area contributed by atoms with Crippen LogP contribution in [0.2, 0.25) is 0 Å². The van der Waals surface area contributed by atoms with Crippen LogP contribution in [-0.4, -0.2) is 42.4 Å². The minimum atomic E-state index is -0.842. The first-order chi connectivity index (χ1) is 15.6. The first kappa shape index (κ1) is 25.9. The Morgan fingerprint density at radius 2 is 1.58 bits per heavy atom. The third-order valence-corrected chi connectivity index (χ3v) is 5.48. The van der Waals surface area contributed by atoms with Gasteiger partial charge in [0.05, 0.1) is 0 Å². The highest BCUT2D eigenvalue weighted by molar-refractivity contribution is 5.91. The van der Waals surface area contributed by atoms with E-state index in [1.807, 2.05) is 51.1 Å². The standard InChI is InChI=1S/C25H36N6O2/c1-15-10-16(2)21(17(3)11-15)13-22(31-25(27)28)24(33)30-18(4)23(32)29-14-20(26)12-19-8-6-5-7-9-19/h5-11,18,20,22H,12-14,26H2,1-4H3,(H,29,32)(H,30,33)(H4,27,28,31). The predicted molar refractivity (Wildman–Crippen MR) is 133 cm³/mol. The van der Waals surface area contributed by atoms with Crippen molar-refractivity contribution in [1.29, 1.82) is 0 Å². The summed E-state index contributed by atoms with van der Waals surface area (Å²) in [7, 11) is 0. The SMILES string of the molecule is Cc1cc(C)c(CC(N=C(N)N)C(=O)NC(C)C(=O)NCC(N)Cc2ccccc2)c(C)c1. The molecule has 178 valence electrons. The number of carbonyl (C=O) groups excluding carboxylic acids is 2. The van der Waals surface area contributed by atoms with Gasteiger partial charge in [0.1, 0.15) is 12.1 Å². The number of carbonyl (C=O) groups is 2. The molecule has 0 aliphatic carbocycles. The van der Waals surface area contributed by atoms with Gasteiger partial charge in [0, 0.05) is 19.0 Å². The van der Waals surface area contributed by atoms with E-state index in [1.54, 1.807) is 6.92 Å². The van der Waals surface area contributed by atoms with Crippen LogP contribution in [0, 0.1) is 20.8 Å². The molecule has 0 bridgehead atoms. The summed E-state index contributed by atoms with van der Waals surface area (Å²) in [5.41, 5.74) is 22.7. The van der Waals surface area contributed by atoms with Crippen LogP contribution in [0.1, 0.15) is 34.7 Å². The molecule has 0 saturated carbocycles. The van der Waals surface area contributed by atoms with Crippen LogP contribution in [0.25, 0.3) is 0 Å². The lowest BCUT2D eigenvalue weighted by Crippen LogP contribution is -2.50. The number of guanidine groups is 1. The molecule has 8 heteroatoms. The number of hydrogen-bond donors (Lipinski definition) is 5. The van der Waals surface area contributed by atoms with E-state index in [2.05, 4.69) is 27.8 Å². The van der Waals surface area contributed by atoms with Gasteiger partial charge in [-0.3, -0.25) is 9.59 Å². The molecule has 0 saturated heterocycles. The largest absolute Gasteiger partial charge is 0.370 e. The molecule has 0 heterocycles. The van der Waals surface area contributed by atoms with Crippen molar-refractivity contribution in [2.24, 2.45) is 22.2 Å². The monoisotopic (exact) mass is 452 g/mol. The van der Waals surface area contributed by atoms with Crippen LogP contribution in [0.4, 0.5) is 0 Å². The molecule has 0 fully saturated rings. The molecule has 0 spiro atoms. The van der Waals surface area contributed by atoms with Crippen LogP contribution < -0.4 is 27.8 Å². The van der Waals surface area contributed by atoms with E-state index >= 15 is 0 Å². The number of benzene rings is 2. The Kier molecular flexibility index (Phi) is 9.42. The summed E-state index contributed by atoms with van der Waals surface area (Å²) in [6, 6.07) is 12.1. The Morgan fingerprint density at radius 1 is 0.970 bits per heavy atom. The van der Waals surface area contributed by atoms with Gasteiger partial charge in [-0.2, -0.15) is 0 Å². The summed E-state index contributed by atoms with van der Waals surface area (Å²) in [5, 5.41) is 5.52. The number of hydrogen-bond acceptors (Lipinski definition) is 4. The smallest absolute Gasteiger partial charge is 0.245 e. The molecule has 2 aromatic rings. The van der Waals surface area contributed by atoms with Crippen LogP contribution >= 0.6 is 0 Å². The fraction of sp³-hybridized carbons (Fsp3) is 0.400. The van der Waals surface area contributed by atoms with Gasteiger partial charge in [-0.1, -0.05) is 48.0 Å². The van der Waals surface area contributed by atoms with Gasteiger partial charge in [0.15, 0.2) is 5.96 Å². The molecule has 0 aliphatic heterocycles. The van der Waals surface area contributed by atoms with E-state index in [1.165, 1.54) is 0 Å². The molecule has 3 unspecified atom stereocenters. The molecule has 0 aliphatic rings. The Morgan fingerprint density at radius 3 is 2.15 bits per heavy atom. The summed E-state index contributed by atoms with van der Waals surface area (Å²) in [6.45, 7) is 7.93. The molecule has 2 rings (SSSR count). The second kappa shape index (κ2) is 12.0. The molecule has 2 amide bonds. The van der Waals surface area contributed by atoms with Crippen molar-refractivity contribution >= 4 is 17.8 Å². The minimum absolute atomic E-state index is 0.179. The highest BCUT2D eigenvalue weighted by Crippen LogP contribution is 2.19. The lowest BCUT2D eigenvalue weighted by Gasteiger charge is -2.20. The Bertz CT molecular complexity index is 963. The maximum Gasteiger partial charge on any atom is 0.245 e. The zero-order chi connectivity index (χ0) is 24.5. The van der Waals surface area contributed by atoms with Crippen molar-refractivity contribution < 1.29 is 9.59 Å². The van der Waals surface area contributed by atoms with Gasteiger partial charge < -0.3 is 27.8 Å². The van der Waals surface area contributed by atoms with E-state index in [9.17, 15) is 9.59 Å². The van der Waals surface area contributed by atoms with E-state index in [4.69, 9.17) is 17.2 Å². The molecule has 3 atom stereocenters. The highest BCUT2D eigenvalue weighted by Gasteiger charge is 2.24. The van der Waals surface area contributed by atoms with Gasteiger partial charge >= 0.3 is 0 Å². The van der Waals surface area contributed by atoms with Crippen LogP contribution in [-0.2, 0) is 22.4 Å². The van der Waals surface area contributed by atoms with Crippen molar-refractivity contribution in [1.82, 2.24) is 10.6 Å². The molecule has 0 radical (unpaired) electrons. The van der Waals surface area contributed by atoms with E-state index in [0.29, 0.717) is 19.4 Å². The number of aliphatic imine (C=N–C) groups is 1. The van der Waals surface area contributed by atoms with Crippen molar-refractivity contribution in [3.63, 3.8) is 0 Å². The Labute approximate surface area is 196 Å². The average Bonchev–Trinajstić information content (AvgIpc) is 2.73. The lowest BCUT2D eigenvalue weighted by atomic mass is 9.94. The second-order valence-corrected chi connectivity index (χ2v) is 8.58. The quantitative estimate of drug-likeness (QED) is 0.269. The van der Waals surface area contributed by atoms with Crippen molar-refractivity contribution in [2.75, 3.05) is 6.54 Å². The molecule has 8 nitrogen and oxygen atoms in total. The minimum Gasteiger partial charge on any atom is -0.370 e. The van der Waals surface area contributed by atoms with Crippen LogP contribution in [0.3, 0.4) is 0 Å². The van der Waals surface area contributed by atoms with Crippen molar-refractivity contribution in [2.45, 2.75) is 58.7 Å². The first-order valence-electron chi connectivity index (χ1n) is 11.1. The fourth-order valence-corrected chi connectivity index (χ4v) is 3.85. The normalized spacial score (nSPS) is 13.5. The number of rotatable bonds is 10. The lowest BCUT2D eigenvalue weighted by molar-refractivity contribution is -0.129. The molecular weight excluding hydrogens is 416 g/mol. The Balaban J connectivity index is 1.97. The summed E-state index contributed by atoms with van der Waals surface area (Å²) >= 11 is 0. The summed E-state index contributed by atoms with van der Waals surface area (Å²) in [5.74, 6) is -0.918. The zero-order valence-corrected chi connectivity index (χ0v) is 19.9. The molecule has 2 aromatic carbocycles. The Hall–Kier alpha value is -3.39. The second-order valence-electron chi connectivity index (χ2n) is 8.58. The maximum absolute atomic E-state index is 12.9. The first-order valence-corrected chi connectivity index (χ1v) is 11.1. The molecule has 33 heavy (non-hydrogen) atoms. The fourth-order valence-electron chi connectivity index (χ4n) is 3.85. The number of nitrogens with two attached hydrogens (primary N) is 3. The van der Waals surface area contributed by atoms with Crippen LogP contribution in [0.15, 0.2) is 47.5 Å². The number of nitrogens with zero attached hydrogens (tertiary/aromatic N) is 1. The molecule has 0 aromatic heterocycles. The van der Waals surface area contributed by atoms with E-state index in [-0.39, 0.29) is 17.9 Å². The van der Waals surface area contributed by atoms with E-state index in [0.717, 1.165) is 27.8 Å². The maximum atomic E-state index is 12.9.